The molecule has 0 aromatic carbocycles. The van der Waals surface area contributed by atoms with Crippen molar-refractivity contribution in [2.45, 2.75) is 24.8 Å². The van der Waals surface area contributed by atoms with Crippen LogP contribution in [0.4, 0.5) is 0 Å². The Hall–Kier alpha value is -0.350. The molecule has 2 heterocycles. The van der Waals surface area contributed by atoms with Crippen LogP contribution in [-0.2, 0) is 16.2 Å². The second-order valence-electron chi connectivity index (χ2n) is 3.81. The third-order valence-electron chi connectivity index (χ3n) is 2.41. The number of thiophene rings is 2. The summed E-state index contributed by atoms with van der Waals surface area (Å²) in [5.74, 6) is 0. The molecule has 92 valence electrons. The summed E-state index contributed by atoms with van der Waals surface area (Å²) in [6.45, 7) is 2.78. The van der Waals surface area contributed by atoms with Crippen LogP contribution in [-0.4, -0.2) is 6.61 Å². The van der Waals surface area contributed by atoms with Crippen LogP contribution in [0.15, 0.2) is 35.0 Å². The van der Waals surface area contributed by atoms with Crippen LogP contribution in [0, 0.1) is 0 Å². The highest BCUT2D eigenvalue weighted by Gasteiger charge is 2.32. The highest BCUT2D eigenvalue weighted by atomic mass is 35.5. The second-order valence-corrected chi connectivity index (χ2v) is 6.40. The average Bonchev–Trinajstić information content (AvgIpc) is 2.98. The van der Waals surface area contributed by atoms with E-state index in [0.717, 1.165) is 17.7 Å². The lowest BCUT2D eigenvalue weighted by molar-refractivity contribution is 0.0198. The number of rotatable bonds is 6. The molecule has 0 N–H and O–H groups in total. The van der Waals surface area contributed by atoms with Gasteiger partial charge in [0.1, 0.15) is 0 Å². The van der Waals surface area contributed by atoms with Gasteiger partial charge in [-0.25, -0.2) is 0 Å². The van der Waals surface area contributed by atoms with Crippen LogP contribution in [0.1, 0.15) is 23.1 Å². The fraction of sp³-hybridized carbons (Fsp3) is 0.385. The van der Waals surface area contributed by atoms with Gasteiger partial charge < -0.3 is 4.74 Å². The monoisotopic (exact) mass is 286 g/mol. The number of halogens is 1. The summed E-state index contributed by atoms with van der Waals surface area (Å²) in [7, 11) is 0. The van der Waals surface area contributed by atoms with Crippen LogP contribution < -0.4 is 0 Å². The standard InChI is InChI=1S/C13H15ClOS2/c1-2-7-15-13(14,12-6-4-9-17-12)10-11-5-3-8-16-11/h3-6,8-9H,2,7,10H2,1H3. The molecular formula is C13H15ClOS2. The van der Waals surface area contributed by atoms with E-state index in [2.05, 4.69) is 18.4 Å². The van der Waals surface area contributed by atoms with Crippen LogP contribution in [0.3, 0.4) is 0 Å². The summed E-state index contributed by atoms with van der Waals surface area (Å²) in [5.41, 5.74) is 0. The van der Waals surface area contributed by atoms with Crippen LogP contribution >= 0.6 is 34.3 Å². The molecule has 17 heavy (non-hydrogen) atoms. The normalized spacial score (nSPS) is 14.7. The smallest absolute Gasteiger partial charge is 0.181 e. The number of hydrogen-bond donors (Lipinski definition) is 0. The van der Waals surface area contributed by atoms with Gasteiger partial charge in [0.05, 0.1) is 4.88 Å². The molecule has 0 spiro atoms. The van der Waals surface area contributed by atoms with E-state index in [-0.39, 0.29) is 0 Å². The average molecular weight is 287 g/mol. The third-order valence-corrected chi connectivity index (χ3v) is 4.85. The van der Waals surface area contributed by atoms with E-state index in [1.165, 1.54) is 4.88 Å². The molecule has 2 aromatic heterocycles. The predicted octanol–water partition coefficient (Wildman–Crippen LogP) is 4.87. The summed E-state index contributed by atoms with van der Waals surface area (Å²) in [6.07, 6.45) is 1.71. The van der Waals surface area contributed by atoms with Gasteiger partial charge >= 0.3 is 0 Å². The van der Waals surface area contributed by atoms with Gasteiger partial charge in [0, 0.05) is 17.9 Å². The van der Waals surface area contributed by atoms with Crippen molar-refractivity contribution in [1.29, 1.82) is 0 Å². The molecule has 0 bridgehead atoms. The minimum Gasteiger partial charge on any atom is -0.354 e. The zero-order valence-electron chi connectivity index (χ0n) is 9.69. The van der Waals surface area contributed by atoms with Crippen molar-refractivity contribution in [3.63, 3.8) is 0 Å². The van der Waals surface area contributed by atoms with Crippen molar-refractivity contribution in [3.8, 4) is 0 Å². The molecule has 0 saturated heterocycles. The molecule has 1 nitrogen and oxygen atoms in total. The Labute approximate surface area is 115 Å². The molecule has 0 fully saturated rings. The summed E-state index contributed by atoms with van der Waals surface area (Å²) >= 11 is 10.0. The minimum absolute atomic E-state index is 0.687. The quantitative estimate of drug-likeness (QED) is 0.688. The van der Waals surface area contributed by atoms with Crippen LogP contribution in [0.2, 0.25) is 0 Å². The molecule has 0 amide bonds. The number of hydrogen-bond acceptors (Lipinski definition) is 3. The highest BCUT2D eigenvalue weighted by Crippen LogP contribution is 2.38. The summed E-state index contributed by atoms with van der Waals surface area (Å²) in [4.78, 5) is 2.34. The largest absolute Gasteiger partial charge is 0.354 e. The Kier molecular flexibility index (Phi) is 4.62. The van der Waals surface area contributed by atoms with E-state index >= 15 is 0 Å². The molecule has 0 aliphatic rings. The lowest BCUT2D eigenvalue weighted by Gasteiger charge is -2.25. The van der Waals surface area contributed by atoms with Crippen molar-refractivity contribution < 1.29 is 4.74 Å². The Morgan fingerprint density at radius 2 is 2.00 bits per heavy atom. The first-order chi connectivity index (χ1) is 8.24. The SMILES string of the molecule is CCCOC(Cl)(Cc1cccs1)c1cccs1. The number of ether oxygens (including phenoxy) is 1. The van der Waals surface area contributed by atoms with E-state index in [4.69, 9.17) is 16.3 Å². The molecule has 0 saturated carbocycles. The topological polar surface area (TPSA) is 9.23 Å². The van der Waals surface area contributed by atoms with E-state index in [1.54, 1.807) is 22.7 Å². The molecule has 2 aromatic rings. The van der Waals surface area contributed by atoms with Gasteiger partial charge in [-0.2, -0.15) is 0 Å². The van der Waals surface area contributed by atoms with Gasteiger partial charge in [0.25, 0.3) is 0 Å². The Morgan fingerprint density at radius 3 is 2.59 bits per heavy atom. The second kappa shape index (κ2) is 6.01. The molecule has 0 radical (unpaired) electrons. The fourth-order valence-electron chi connectivity index (χ4n) is 1.60. The molecular weight excluding hydrogens is 272 g/mol. The van der Waals surface area contributed by atoms with Gasteiger partial charge in [-0.15, -0.1) is 22.7 Å². The van der Waals surface area contributed by atoms with E-state index in [1.807, 2.05) is 23.6 Å². The molecule has 4 heteroatoms. The van der Waals surface area contributed by atoms with E-state index in [9.17, 15) is 0 Å². The van der Waals surface area contributed by atoms with Crippen LogP contribution in [0.25, 0.3) is 0 Å². The Bertz CT molecular complexity index is 424. The molecule has 2 rings (SSSR count). The molecule has 0 aliphatic carbocycles. The third kappa shape index (κ3) is 3.32. The lowest BCUT2D eigenvalue weighted by Crippen LogP contribution is -2.24. The maximum atomic E-state index is 6.67. The maximum Gasteiger partial charge on any atom is 0.181 e. The van der Waals surface area contributed by atoms with Gasteiger partial charge in [0.15, 0.2) is 5.06 Å². The summed E-state index contributed by atoms with van der Waals surface area (Å²) in [6, 6.07) is 8.21. The zero-order chi connectivity index (χ0) is 12.1. The molecule has 1 atom stereocenters. The first-order valence-electron chi connectivity index (χ1n) is 5.64. The van der Waals surface area contributed by atoms with Gasteiger partial charge in [-0.1, -0.05) is 30.7 Å². The number of alkyl halides is 1. The first kappa shape index (κ1) is 13.1. The fourth-order valence-corrected chi connectivity index (χ4v) is 3.64. The summed E-state index contributed by atoms with van der Waals surface area (Å²) in [5, 5.41) is 3.41. The van der Waals surface area contributed by atoms with Crippen molar-refractivity contribution >= 4 is 34.3 Å². The maximum absolute atomic E-state index is 6.67. The Balaban J connectivity index is 2.17. The first-order valence-corrected chi connectivity index (χ1v) is 7.77. The zero-order valence-corrected chi connectivity index (χ0v) is 12.1. The molecule has 1 unspecified atom stereocenters. The van der Waals surface area contributed by atoms with Crippen molar-refractivity contribution in [2.24, 2.45) is 0 Å². The molecule has 0 aliphatic heterocycles. The van der Waals surface area contributed by atoms with Crippen molar-refractivity contribution in [3.05, 3.63) is 44.8 Å². The van der Waals surface area contributed by atoms with Gasteiger partial charge in [-0.3, -0.25) is 0 Å². The van der Waals surface area contributed by atoms with Crippen molar-refractivity contribution in [2.75, 3.05) is 6.61 Å². The highest BCUT2D eigenvalue weighted by molar-refractivity contribution is 7.10. The van der Waals surface area contributed by atoms with Gasteiger partial charge in [0.2, 0.25) is 0 Å². The van der Waals surface area contributed by atoms with Crippen molar-refractivity contribution in [1.82, 2.24) is 0 Å². The van der Waals surface area contributed by atoms with Crippen LogP contribution in [0.5, 0.6) is 0 Å². The van der Waals surface area contributed by atoms with Gasteiger partial charge in [-0.05, 0) is 29.3 Å². The summed E-state index contributed by atoms with van der Waals surface area (Å²) < 4.78 is 5.88. The van der Waals surface area contributed by atoms with E-state index < -0.39 is 5.06 Å². The lowest BCUT2D eigenvalue weighted by atomic mass is 10.2. The Morgan fingerprint density at radius 1 is 1.24 bits per heavy atom. The minimum atomic E-state index is -0.699. The predicted molar refractivity (Wildman–Crippen MR) is 76.1 cm³/mol. The van der Waals surface area contributed by atoms with E-state index in [0.29, 0.717) is 6.61 Å².